The van der Waals surface area contributed by atoms with Crippen molar-refractivity contribution in [2.24, 2.45) is 5.92 Å². The summed E-state index contributed by atoms with van der Waals surface area (Å²) in [6, 6.07) is 7.46. The van der Waals surface area contributed by atoms with E-state index in [1.165, 1.54) is 31.2 Å². The van der Waals surface area contributed by atoms with Crippen molar-refractivity contribution in [1.29, 1.82) is 5.26 Å². The zero-order chi connectivity index (χ0) is 13.5. The zero-order valence-electron chi connectivity index (χ0n) is 11.6. The van der Waals surface area contributed by atoms with E-state index in [1.54, 1.807) is 12.1 Å². The van der Waals surface area contributed by atoms with E-state index < -0.39 is 0 Å². The SMILES string of the molecule is CC.CC1CCC(c2ccc(C#N)c(O)c2)CC1. The van der Waals surface area contributed by atoms with Crippen LogP contribution in [-0.4, -0.2) is 5.11 Å². The second-order valence-corrected chi connectivity index (χ2v) is 4.85. The van der Waals surface area contributed by atoms with Gasteiger partial charge in [-0.25, -0.2) is 0 Å². The van der Waals surface area contributed by atoms with E-state index in [-0.39, 0.29) is 5.75 Å². The van der Waals surface area contributed by atoms with Crippen LogP contribution in [0.2, 0.25) is 0 Å². The Morgan fingerprint density at radius 1 is 1.17 bits per heavy atom. The van der Waals surface area contributed by atoms with Crippen molar-refractivity contribution in [3.05, 3.63) is 29.3 Å². The first-order chi connectivity index (χ1) is 8.70. The van der Waals surface area contributed by atoms with Crippen LogP contribution < -0.4 is 0 Å². The van der Waals surface area contributed by atoms with Crippen LogP contribution in [0.15, 0.2) is 18.2 Å². The lowest BCUT2D eigenvalue weighted by molar-refractivity contribution is 0.347. The van der Waals surface area contributed by atoms with Gasteiger partial charge in [-0.05, 0) is 42.4 Å². The number of rotatable bonds is 1. The van der Waals surface area contributed by atoms with Crippen molar-refractivity contribution in [2.75, 3.05) is 0 Å². The topological polar surface area (TPSA) is 44.0 Å². The third-order valence-corrected chi connectivity index (χ3v) is 3.63. The van der Waals surface area contributed by atoms with Gasteiger partial charge < -0.3 is 5.11 Å². The van der Waals surface area contributed by atoms with Crippen molar-refractivity contribution >= 4 is 0 Å². The average Bonchev–Trinajstić information content (AvgIpc) is 2.42. The molecule has 2 rings (SSSR count). The van der Waals surface area contributed by atoms with Crippen LogP contribution in [0.1, 0.15) is 63.5 Å². The van der Waals surface area contributed by atoms with Gasteiger partial charge in [0.25, 0.3) is 0 Å². The smallest absolute Gasteiger partial charge is 0.133 e. The lowest BCUT2D eigenvalue weighted by Gasteiger charge is -2.26. The predicted octanol–water partition coefficient (Wildman–Crippen LogP) is 4.58. The van der Waals surface area contributed by atoms with E-state index in [2.05, 4.69) is 6.92 Å². The van der Waals surface area contributed by atoms with E-state index in [0.29, 0.717) is 11.5 Å². The highest BCUT2D eigenvalue weighted by atomic mass is 16.3. The molecular weight excluding hydrogens is 222 g/mol. The molecule has 0 saturated heterocycles. The quantitative estimate of drug-likeness (QED) is 0.786. The van der Waals surface area contributed by atoms with Crippen LogP contribution in [-0.2, 0) is 0 Å². The number of nitriles is 1. The van der Waals surface area contributed by atoms with Gasteiger partial charge in [-0.2, -0.15) is 5.26 Å². The first-order valence-electron chi connectivity index (χ1n) is 6.93. The van der Waals surface area contributed by atoms with Crippen molar-refractivity contribution in [3.63, 3.8) is 0 Å². The Morgan fingerprint density at radius 3 is 2.28 bits per heavy atom. The summed E-state index contributed by atoms with van der Waals surface area (Å²) in [5, 5.41) is 18.4. The number of phenolic OH excluding ortho intramolecular Hbond substituents is 1. The molecule has 0 aromatic heterocycles. The molecule has 0 spiro atoms. The highest BCUT2D eigenvalue weighted by Crippen LogP contribution is 2.36. The van der Waals surface area contributed by atoms with Gasteiger partial charge in [0.05, 0.1) is 5.56 Å². The molecule has 0 heterocycles. The van der Waals surface area contributed by atoms with Crippen LogP contribution in [0.25, 0.3) is 0 Å². The van der Waals surface area contributed by atoms with Gasteiger partial charge in [0.15, 0.2) is 0 Å². The van der Waals surface area contributed by atoms with Gasteiger partial charge in [-0.15, -0.1) is 0 Å². The van der Waals surface area contributed by atoms with Crippen molar-refractivity contribution < 1.29 is 5.11 Å². The van der Waals surface area contributed by atoms with Crippen molar-refractivity contribution in [1.82, 2.24) is 0 Å². The van der Waals surface area contributed by atoms with Gasteiger partial charge >= 0.3 is 0 Å². The second kappa shape index (κ2) is 7.06. The summed E-state index contributed by atoms with van der Waals surface area (Å²) in [5.41, 5.74) is 1.55. The van der Waals surface area contributed by atoms with Crippen molar-refractivity contribution in [2.45, 2.75) is 52.4 Å². The van der Waals surface area contributed by atoms with Gasteiger partial charge in [-0.1, -0.05) is 39.7 Å². The molecule has 1 saturated carbocycles. The van der Waals surface area contributed by atoms with Gasteiger partial charge in [-0.3, -0.25) is 0 Å². The maximum absolute atomic E-state index is 9.65. The minimum absolute atomic E-state index is 0.124. The molecule has 0 amide bonds. The largest absolute Gasteiger partial charge is 0.507 e. The second-order valence-electron chi connectivity index (χ2n) is 4.85. The summed E-state index contributed by atoms with van der Waals surface area (Å²) in [7, 11) is 0. The van der Waals surface area contributed by atoms with Crippen LogP contribution >= 0.6 is 0 Å². The van der Waals surface area contributed by atoms with Crippen LogP contribution in [0.5, 0.6) is 5.75 Å². The van der Waals surface area contributed by atoms with E-state index >= 15 is 0 Å². The van der Waals surface area contributed by atoms with Crippen LogP contribution in [0.4, 0.5) is 0 Å². The highest BCUT2D eigenvalue weighted by molar-refractivity contribution is 5.45. The first kappa shape index (κ1) is 14.6. The third kappa shape index (κ3) is 3.50. The first-order valence-corrected chi connectivity index (χ1v) is 6.93. The molecule has 1 aromatic rings. The lowest BCUT2D eigenvalue weighted by atomic mass is 9.79. The van der Waals surface area contributed by atoms with Gasteiger partial charge in [0.2, 0.25) is 0 Å². The molecule has 2 heteroatoms. The fourth-order valence-electron chi connectivity index (χ4n) is 2.49. The van der Waals surface area contributed by atoms with E-state index in [9.17, 15) is 5.11 Å². The Labute approximate surface area is 110 Å². The minimum Gasteiger partial charge on any atom is -0.507 e. The molecule has 98 valence electrons. The fourth-order valence-corrected chi connectivity index (χ4v) is 2.49. The number of aromatic hydroxyl groups is 1. The Balaban J connectivity index is 0.000000771. The monoisotopic (exact) mass is 245 g/mol. The zero-order valence-corrected chi connectivity index (χ0v) is 11.6. The summed E-state index contributed by atoms with van der Waals surface area (Å²) in [6.07, 6.45) is 4.94. The summed E-state index contributed by atoms with van der Waals surface area (Å²) >= 11 is 0. The molecule has 1 aliphatic carbocycles. The number of benzene rings is 1. The van der Waals surface area contributed by atoms with E-state index in [4.69, 9.17) is 5.26 Å². The molecule has 0 aliphatic heterocycles. The van der Waals surface area contributed by atoms with Gasteiger partial charge in [0, 0.05) is 0 Å². The summed E-state index contributed by atoms with van der Waals surface area (Å²) in [6.45, 7) is 6.30. The molecule has 2 nitrogen and oxygen atoms in total. The molecule has 1 fully saturated rings. The minimum atomic E-state index is 0.124. The Morgan fingerprint density at radius 2 is 1.78 bits per heavy atom. The number of nitrogens with zero attached hydrogens (tertiary/aromatic N) is 1. The molecule has 1 aliphatic rings. The molecule has 1 N–H and O–H groups in total. The van der Waals surface area contributed by atoms with Crippen molar-refractivity contribution in [3.8, 4) is 11.8 Å². The molecular formula is C16H23NO. The predicted molar refractivity (Wildman–Crippen MR) is 74.5 cm³/mol. The number of phenols is 1. The van der Waals surface area contributed by atoms with Crippen LogP contribution in [0.3, 0.4) is 0 Å². The Hall–Kier alpha value is -1.49. The van der Waals surface area contributed by atoms with E-state index in [1.807, 2.05) is 26.0 Å². The van der Waals surface area contributed by atoms with Gasteiger partial charge in [0.1, 0.15) is 11.8 Å². The molecule has 18 heavy (non-hydrogen) atoms. The fraction of sp³-hybridized carbons (Fsp3) is 0.562. The summed E-state index contributed by atoms with van der Waals surface area (Å²) in [5.74, 6) is 1.52. The highest BCUT2D eigenvalue weighted by Gasteiger charge is 2.20. The van der Waals surface area contributed by atoms with E-state index in [0.717, 1.165) is 5.92 Å². The number of hydrogen-bond donors (Lipinski definition) is 1. The average molecular weight is 245 g/mol. The Bertz CT molecular complexity index is 412. The summed E-state index contributed by atoms with van der Waals surface area (Å²) in [4.78, 5) is 0. The summed E-state index contributed by atoms with van der Waals surface area (Å²) < 4.78 is 0. The number of hydrogen-bond acceptors (Lipinski definition) is 2. The standard InChI is InChI=1S/C14H17NO.C2H6/c1-10-2-4-11(5-3-10)12-6-7-13(9-15)14(16)8-12;1-2/h6-8,10-11,16H,2-5H2,1H3;1-2H3. The molecule has 0 radical (unpaired) electrons. The third-order valence-electron chi connectivity index (χ3n) is 3.63. The Kier molecular flexibility index (Phi) is 5.71. The molecule has 1 aromatic carbocycles. The van der Waals surface area contributed by atoms with Crippen LogP contribution in [0, 0.1) is 17.2 Å². The normalized spacial score (nSPS) is 22.6. The maximum Gasteiger partial charge on any atom is 0.133 e. The molecule has 0 bridgehead atoms. The molecule has 0 atom stereocenters. The molecule has 0 unspecified atom stereocenters. The maximum atomic E-state index is 9.65. The lowest BCUT2D eigenvalue weighted by Crippen LogP contribution is -2.10.